The molecule has 41 heavy (non-hydrogen) atoms. The highest BCUT2D eigenvalue weighted by Crippen LogP contribution is 2.50. The number of carbonyl (C=O) groups is 4. The van der Waals surface area contributed by atoms with Crippen LogP contribution >= 0.6 is 0 Å². The van der Waals surface area contributed by atoms with E-state index in [9.17, 15) is 24.3 Å². The van der Waals surface area contributed by atoms with Crippen LogP contribution < -0.4 is 10.5 Å². The minimum atomic E-state index is -2.54. The molecule has 0 bridgehead atoms. The van der Waals surface area contributed by atoms with Crippen LogP contribution in [0.25, 0.3) is 0 Å². The molecule has 0 heterocycles. The van der Waals surface area contributed by atoms with E-state index >= 15 is 0 Å². The zero-order chi connectivity index (χ0) is 28.7. The number of ketones is 3. The van der Waals surface area contributed by atoms with Gasteiger partial charge in [0.1, 0.15) is 30.3 Å². The van der Waals surface area contributed by atoms with E-state index in [0.717, 1.165) is 16.7 Å². The molecule has 1 saturated carbocycles. The fraction of sp³-hybridized carbons (Fsp3) is 0.273. The monoisotopic (exact) mass is 551 g/mol. The summed E-state index contributed by atoms with van der Waals surface area (Å²) in [5, 5.41) is 11.7. The first kappa shape index (κ1) is 26.7. The molecule has 208 valence electrons. The molecule has 1 fully saturated rings. The Labute approximate surface area is 236 Å². The fourth-order valence-corrected chi connectivity index (χ4v) is 6.48. The van der Waals surface area contributed by atoms with Gasteiger partial charge in [-0.05, 0) is 41.5 Å². The van der Waals surface area contributed by atoms with Gasteiger partial charge in [0, 0.05) is 12.3 Å². The van der Waals surface area contributed by atoms with Crippen LogP contribution in [0.3, 0.4) is 0 Å². The third kappa shape index (κ3) is 4.54. The second kappa shape index (κ2) is 10.4. The summed E-state index contributed by atoms with van der Waals surface area (Å²) in [5.74, 6) is -5.67. The molecular formula is C33H29NO7. The van der Waals surface area contributed by atoms with Crippen LogP contribution in [0.15, 0.2) is 90.2 Å². The normalized spacial score (nSPS) is 25.2. The first-order chi connectivity index (χ1) is 19.8. The molecule has 3 aliphatic rings. The van der Waals surface area contributed by atoms with Crippen LogP contribution in [0.2, 0.25) is 0 Å². The maximum atomic E-state index is 13.9. The summed E-state index contributed by atoms with van der Waals surface area (Å²) in [6.07, 6.45) is 0.611. The summed E-state index contributed by atoms with van der Waals surface area (Å²) >= 11 is 0. The molecule has 1 unspecified atom stereocenters. The molecular weight excluding hydrogens is 522 g/mol. The Bertz CT molecular complexity index is 1580. The second-order valence-electron chi connectivity index (χ2n) is 10.9. The van der Waals surface area contributed by atoms with Gasteiger partial charge in [0.15, 0.2) is 17.2 Å². The van der Waals surface area contributed by atoms with Crippen LogP contribution in [-0.2, 0) is 38.8 Å². The molecule has 0 saturated heterocycles. The zero-order valence-corrected chi connectivity index (χ0v) is 22.2. The van der Waals surface area contributed by atoms with Crippen molar-refractivity contribution in [2.24, 2.45) is 23.5 Å². The third-order valence-corrected chi connectivity index (χ3v) is 8.45. The number of primary amides is 1. The van der Waals surface area contributed by atoms with Crippen LogP contribution in [0, 0.1) is 17.8 Å². The molecule has 3 aliphatic carbocycles. The number of hydrogen-bond acceptors (Lipinski definition) is 7. The van der Waals surface area contributed by atoms with Crippen molar-refractivity contribution >= 4 is 23.3 Å². The predicted octanol–water partition coefficient (Wildman–Crippen LogP) is 3.49. The standard InChI is InChI=1S/C33H29NO7/c34-32(38)28-25(41-18-20-10-5-2-6-11-20)16-23-15-22-14-21-12-7-13-24(40-17-19-8-3-1-4-9-19)26(21)29(35)27(22)30(36)33(23,39)31(28)37/h1-13,22-23,27,39H,14-18H2,(H2,34,38)/t22-,23-,27?,33-/m0/s1. The number of allylic oxidation sites excluding steroid dienone is 1. The fourth-order valence-electron chi connectivity index (χ4n) is 6.48. The van der Waals surface area contributed by atoms with E-state index < -0.39 is 52.2 Å². The number of aliphatic hydroxyl groups is 1. The average molecular weight is 552 g/mol. The van der Waals surface area contributed by atoms with Crippen molar-refractivity contribution in [3.05, 3.63) is 112 Å². The van der Waals surface area contributed by atoms with Gasteiger partial charge in [0.2, 0.25) is 5.78 Å². The first-order valence-electron chi connectivity index (χ1n) is 13.6. The Hall–Kier alpha value is -4.56. The topological polar surface area (TPSA) is 133 Å². The molecule has 6 rings (SSSR count). The van der Waals surface area contributed by atoms with Crippen LogP contribution in [0.1, 0.15) is 39.9 Å². The number of carbonyl (C=O) groups excluding carboxylic acids is 4. The minimum absolute atomic E-state index is 0.0242. The third-order valence-electron chi connectivity index (χ3n) is 8.45. The highest BCUT2D eigenvalue weighted by atomic mass is 16.5. The lowest BCUT2D eigenvalue weighted by Gasteiger charge is -2.48. The molecule has 8 nitrogen and oxygen atoms in total. The van der Waals surface area contributed by atoms with E-state index in [-0.39, 0.29) is 31.8 Å². The number of rotatable bonds is 7. The van der Waals surface area contributed by atoms with Crippen molar-refractivity contribution < 1.29 is 33.8 Å². The van der Waals surface area contributed by atoms with E-state index in [2.05, 4.69) is 0 Å². The van der Waals surface area contributed by atoms with Crippen molar-refractivity contribution in [3.8, 4) is 5.75 Å². The molecule has 0 radical (unpaired) electrons. The first-order valence-corrected chi connectivity index (χ1v) is 13.6. The minimum Gasteiger partial charge on any atom is -0.492 e. The Morgan fingerprint density at radius 3 is 2.12 bits per heavy atom. The van der Waals surface area contributed by atoms with Gasteiger partial charge in [-0.15, -0.1) is 0 Å². The van der Waals surface area contributed by atoms with Gasteiger partial charge in [0.25, 0.3) is 5.91 Å². The summed E-state index contributed by atoms with van der Waals surface area (Å²) in [6, 6.07) is 24.0. The number of fused-ring (bicyclic) bond motifs is 3. The zero-order valence-electron chi connectivity index (χ0n) is 22.2. The van der Waals surface area contributed by atoms with Crippen molar-refractivity contribution in [2.45, 2.75) is 38.1 Å². The molecule has 8 heteroatoms. The Morgan fingerprint density at radius 1 is 0.854 bits per heavy atom. The molecule has 3 aromatic rings. The maximum absolute atomic E-state index is 13.9. The Balaban J connectivity index is 1.31. The van der Waals surface area contributed by atoms with Crippen molar-refractivity contribution in [1.29, 1.82) is 0 Å². The predicted molar refractivity (Wildman–Crippen MR) is 147 cm³/mol. The van der Waals surface area contributed by atoms with Crippen molar-refractivity contribution in [1.82, 2.24) is 0 Å². The number of hydrogen-bond donors (Lipinski definition) is 2. The van der Waals surface area contributed by atoms with Gasteiger partial charge >= 0.3 is 0 Å². The van der Waals surface area contributed by atoms with Gasteiger partial charge in [0.05, 0.1) is 11.5 Å². The highest BCUT2D eigenvalue weighted by Gasteiger charge is 2.64. The number of benzene rings is 3. The summed E-state index contributed by atoms with van der Waals surface area (Å²) in [7, 11) is 0. The van der Waals surface area contributed by atoms with Gasteiger partial charge in [-0.25, -0.2) is 0 Å². The average Bonchev–Trinajstić information content (AvgIpc) is 2.97. The molecule has 3 aromatic carbocycles. The molecule has 0 aromatic heterocycles. The van der Waals surface area contributed by atoms with E-state index in [4.69, 9.17) is 15.2 Å². The van der Waals surface area contributed by atoms with Crippen LogP contribution in [-0.4, -0.2) is 34.0 Å². The van der Waals surface area contributed by atoms with E-state index in [1.54, 1.807) is 6.07 Å². The van der Waals surface area contributed by atoms with Gasteiger partial charge in [-0.3, -0.25) is 19.2 Å². The summed E-state index contributed by atoms with van der Waals surface area (Å²) in [5.41, 5.74) is 5.28. The van der Waals surface area contributed by atoms with Gasteiger partial charge in [-0.2, -0.15) is 0 Å². The van der Waals surface area contributed by atoms with Gasteiger partial charge < -0.3 is 20.3 Å². The van der Waals surface area contributed by atoms with Crippen LogP contribution in [0.5, 0.6) is 5.75 Å². The molecule has 4 atom stereocenters. The lowest BCUT2D eigenvalue weighted by atomic mass is 9.55. The molecule has 3 N–H and O–H groups in total. The number of Topliss-reactive ketones (excluding diaryl/α,β-unsaturated/α-hetero) is 3. The second-order valence-corrected chi connectivity index (χ2v) is 10.9. The van der Waals surface area contributed by atoms with Crippen molar-refractivity contribution in [3.63, 3.8) is 0 Å². The molecule has 0 aliphatic heterocycles. The van der Waals surface area contributed by atoms with E-state index in [0.29, 0.717) is 17.7 Å². The molecule has 1 amide bonds. The van der Waals surface area contributed by atoms with Gasteiger partial charge in [-0.1, -0.05) is 72.8 Å². The highest BCUT2D eigenvalue weighted by molar-refractivity contribution is 6.32. The lowest BCUT2D eigenvalue weighted by molar-refractivity contribution is -0.166. The Morgan fingerprint density at radius 2 is 1.49 bits per heavy atom. The smallest absolute Gasteiger partial charge is 0.255 e. The quantitative estimate of drug-likeness (QED) is 0.339. The summed E-state index contributed by atoms with van der Waals surface area (Å²) < 4.78 is 11.9. The number of nitrogens with two attached hydrogens (primary N) is 1. The van der Waals surface area contributed by atoms with Crippen LogP contribution in [0.4, 0.5) is 0 Å². The summed E-state index contributed by atoms with van der Waals surface area (Å²) in [6.45, 7) is 0.318. The van der Waals surface area contributed by atoms with E-state index in [1.807, 2.05) is 72.8 Å². The number of ether oxygens (including phenoxy) is 2. The Kier molecular flexibility index (Phi) is 6.79. The summed E-state index contributed by atoms with van der Waals surface area (Å²) in [4.78, 5) is 53.9. The molecule has 0 spiro atoms. The van der Waals surface area contributed by atoms with Crippen molar-refractivity contribution in [2.75, 3.05) is 0 Å². The SMILES string of the molecule is NC(=O)C1=C(OCc2ccccc2)C[C@@H]2C[C@@H]3Cc4cccc(OCc5ccccc5)c4C(=O)C3C(=O)[C@]2(O)C1=O. The lowest BCUT2D eigenvalue weighted by Crippen LogP contribution is -2.65. The maximum Gasteiger partial charge on any atom is 0.255 e. The largest absolute Gasteiger partial charge is 0.492 e. The number of amides is 1. The van der Waals surface area contributed by atoms with E-state index in [1.165, 1.54) is 0 Å².